The van der Waals surface area contributed by atoms with Crippen LogP contribution in [0.25, 0.3) is 0 Å². The van der Waals surface area contributed by atoms with Gasteiger partial charge >= 0.3 is 0 Å². The Balaban J connectivity index is 1.69. The Kier molecular flexibility index (Phi) is 2.51. The Labute approximate surface area is 105 Å². The van der Waals surface area contributed by atoms with Gasteiger partial charge in [0.1, 0.15) is 6.04 Å². The molecule has 0 radical (unpaired) electrons. The number of anilines is 2. The number of benzene rings is 1. The predicted octanol–water partition coefficient (Wildman–Crippen LogP) is 1.69. The van der Waals surface area contributed by atoms with E-state index in [4.69, 9.17) is 0 Å². The molecule has 1 aromatic heterocycles. The van der Waals surface area contributed by atoms with Gasteiger partial charge in [0.05, 0.1) is 0 Å². The van der Waals surface area contributed by atoms with Crippen LogP contribution in [-0.4, -0.2) is 22.1 Å². The molecule has 0 spiro atoms. The number of hydrogen-bond donors (Lipinski definition) is 3. The molecular weight excluding hydrogens is 228 g/mol. The number of fused-ring (bicyclic) bond motifs is 1. The second kappa shape index (κ2) is 4.18. The highest BCUT2D eigenvalue weighted by atomic mass is 16.2. The van der Waals surface area contributed by atoms with Crippen molar-refractivity contribution in [3.8, 4) is 0 Å². The average molecular weight is 242 g/mol. The maximum absolute atomic E-state index is 12.1. The number of carbonyl (C=O) groups is 1. The SMILES string of the molecule is Cc1cc(NC(=O)C2Cc3ccccc3N2)n[nH]1. The molecule has 3 N–H and O–H groups in total. The normalized spacial score (nSPS) is 17.1. The van der Waals surface area contributed by atoms with E-state index in [0.717, 1.165) is 11.4 Å². The molecule has 2 heterocycles. The number of aryl methyl sites for hydroxylation is 1. The first-order valence-electron chi connectivity index (χ1n) is 5.90. The number of rotatable bonds is 2. The van der Waals surface area contributed by atoms with Crippen LogP contribution in [0.1, 0.15) is 11.3 Å². The summed E-state index contributed by atoms with van der Waals surface area (Å²) in [6.45, 7) is 1.90. The van der Waals surface area contributed by atoms with Gasteiger partial charge in [-0.3, -0.25) is 9.89 Å². The molecule has 1 aromatic carbocycles. The third-order valence-corrected chi connectivity index (χ3v) is 3.04. The number of nitrogens with one attached hydrogen (secondary N) is 3. The van der Waals surface area contributed by atoms with Crippen LogP contribution >= 0.6 is 0 Å². The zero-order chi connectivity index (χ0) is 12.5. The van der Waals surface area contributed by atoms with Crippen LogP contribution in [0.4, 0.5) is 11.5 Å². The maximum atomic E-state index is 12.1. The lowest BCUT2D eigenvalue weighted by Gasteiger charge is -2.09. The number of hydrogen-bond acceptors (Lipinski definition) is 3. The van der Waals surface area contributed by atoms with Crippen LogP contribution in [0.5, 0.6) is 0 Å². The molecule has 1 unspecified atom stereocenters. The van der Waals surface area contributed by atoms with Crippen molar-refractivity contribution in [2.45, 2.75) is 19.4 Å². The Morgan fingerprint density at radius 2 is 2.28 bits per heavy atom. The molecule has 1 atom stereocenters. The molecule has 1 aliphatic rings. The molecule has 18 heavy (non-hydrogen) atoms. The number of nitrogens with zero attached hydrogens (tertiary/aromatic N) is 1. The van der Waals surface area contributed by atoms with Crippen LogP contribution in [0.2, 0.25) is 0 Å². The van der Waals surface area contributed by atoms with Crippen molar-refractivity contribution in [1.29, 1.82) is 0 Å². The fourth-order valence-electron chi connectivity index (χ4n) is 2.15. The molecule has 5 nitrogen and oxygen atoms in total. The number of carbonyl (C=O) groups excluding carboxylic acids is 1. The summed E-state index contributed by atoms with van der Waals surface area (Å²) in [5.74, 6) is 0.507. The molecule has 0 aliphatic carbocycles. The molecule has 0 saturated heterocycles. The van der Waals surface area contributed by atoms with Crippen molar-refractivity contribution < 1.29 is 4.79 Å². The van der Waals surface area contributed by atoms with Gasteiger partial charge in [0, 0.05) is 23.9 Å². The third kappa shape index (κ3) is 1.95. The van der Waals surface area contributed by atoms with Crippen LogP contribution in [0.3, 0.4) is 0 Å². The molecule has 1 amide bonds. The quantitative estimate of drug-likeness (QED) is 0.750. The summed E-state index contributed by atoms with van der Waals surface area (Å²) in [6, 6.07) is 9.55. The van der Waals surface area contributed by atoms with E-state index in [1.165, 1.54) is 5.56 Å². The lowest BCUT2D eigenvalue weighted by molar-refractivity contribution is -0.116. The Morgan fingerprint density at radius 3 is 3.00 bits per heavy atom. The minimum Gasteiger partial charge on any atom is -0.373 e. The van der Waals surface area contributed by atoms with E-state index in [1.807, 2.05) is 31.2 Å². The minimum absolute atomic E-state index is 0.0577. The van der Waals surface area contributed by atoms with Crippen molar-refractivity contribution in [2.75, 3.05) is 10.6 Å². The summed E-state index contributed by atoms with van der Waals surface area (Å²) in [6.07, 6.45) is 0.714. The van der Waals surface area contributed by atoms with E-state index >= 15 is 0 Å². The number of aromatic nitrogens is 2. The molecule has 92 valence electrons. The van der Waals surface area contributed by atoms with E-state index in [2.05, 4.69) is 20.8 Å². The zero-order valence-corrected chi connectivity index (χ0v) is 10.0. The summed E-state index contributed by atoms with van der Waals surface area (Å²) in [7, 11) is 0. The van der Waals surface area contributed by atoms with Crippen LogP contribution in [0, 0.1) is 6.92 Å². The highest BCUT2D eigenvalue weighted by Gasteiger charge is 2.26. The molecule has 0 bridgehead atoms. The molecule has 0 saturated carbocycles. The van der Waals surface area contributed by atoms with E-state index in [9.17, 15) is 4.79 Å². The molecule has 2 aromatic rings. The van der Waals surface area contributed by atoms with Gasteiger partial charge in [-0.2, -0.15) is 5.10 Å². The van der Waals surface area contributed by atoms with Crippen LogP contribution in [-0.2, 0) is 11.2 Å². The monoisotopic (exact) mass is 242 g/mol. The highest BCUT2D eigenvalue weighted by Crippen LogP contribution is 2.25. The number of H-pyrrole nitrogens is 1. The number of para-hydroxylation sites is 1. The Hall–Kier alpha value is -2.30. The lowest BCUT2D eigenvalue weighted by atomic mass is 10.1. The summed E-state index contributed by atoms with van der Waals surface area (Å²) < 4.78 is 0. The molecule has 1 aliphatic heterocycles. The molecule has 3 rings (SSSR count). The summed E-state index contributed by atoms with van der Waals surface area (Å²) in [5, 5.41) is 12.8. The topological polar surface area (TPSA) is 69.8 Å². The van der Waals surface area contributed by atoms with Crippen molar-refractivity contribution in [2.24, 2.45) is 0 Å². The zero-order valence-electron chi connectivity index (χ0n) is 10.0. The van der Waals surface area contributed by atoms with Gasteiger partial charge in [-0.1, -0.05) is 18.2 Å². The number of amides is 1. The van der Waals surface area contributed by atoms with Crippen molar-refractivity contribution in [3.63, 3.8) is 0 Å². The fraction of sp³-hybridized carbons (Fsp3) is 0.231. The standard InChI is InChI=1S/C13H14N4O/c1-8-6-12(17-16-8)15-13(18)11-7-9-4-2-3-5-10(9)14-11/h2-6,11,14H,7H2,1H3,(H2,15,16,17,18). The average Bonchev–Trinajstić information content (AvgIpc) is 2.95. The Morgan fingerprint density at radius 1 is 1.44 bits per heavy atom. The Bertz CT molecular complexity index is 565. The van der Waals surface area contributed by atoms with E-state index in [-0.39, 0.29) is 11.9 Å². The molecular formula is C13H14N4O. The summed E-state index contributed by atoms with van der Waals surface area (Å²) in [4.78, 5) is 12.1. The lowest BCUT2D eigenvalue weighted by Crippen LogP contribution is -2.32. The fourth-order valence-corrected chi connectivity index (χ4v) is 2.15. The predicted molar refractivity (Wildman–Crippen MR) is 69.5 cm³/mol. The van der Waals surface area contributed by atoms with Crippen molar-refractivity contribution >= 4 is 17.4 Å². The van der Waals surface area contributed by atoms with Crippen LogP contribution in [0.15, 0.2) is 30.3 Å². The summed E-state index contributed by atoms with van der Waals surface area (Å²) >= 11 is 0. The van der Waals surface area contributed by atoms with Gasteiger partial charge in [0.15, 0.2) is 5.82 Å². The minimum atomic E-state index is -0.223. The van der Waals surface area contributed by atoms with E-state index in [0.29, 0.717) is 12.2 Å². The molecule has 5 heteroatoms. The van der Waals surface area contributed by atoms with Gasteiger partial charge in [0.25, 0.3) is 0 Å². The largest absolute Gasteiger partial charge is 0.373 e. The highest BCUT2D eigenvalue weighted by molar-refractivity contribution is 5.97. The first-order valence-corrected chi connectivity index (χ1v) is 5.90. The third-order valence-electron chi connectivity index (χ3n) is 3.04. The van der Waals surface area contributed by atoms with Gasteiger partial charge < -0.3 is 10.6 Å². The van der Waals surface area contributed by atoms with Gasteiger partial charge in [0.2, 0.25) is 5.91 Å². The second-order valence-corrected chi connectivity index (χ2v) is 4.48. The van der Waals surface area contributed by atoms with Crippen molar-refractivity contribution in [1.82, 2.24) is 10.2 Å². The van der Waals surface area contributed by atoms with Gasteiger partial charge in [-0.05, 0) is 18.6 Å². The van der Waals surface area contributed by atoms with Gasteiger partial charge in [-0.25, -0.2) is 0 Å². The van der Waals surface area contributed by atoms with Crippen molar-refractivity contribution in [3.05, 3.63) is 41.6 Å². The maximum Gasteiger partial charge on any atom is 0.248 e. The smallest absolute Gasteiger partial charge is 0.248 e. The first kappa shape index (κ1) is 10.8. The second-order valence-electron chi connectivity index (χ2n) is 4.48. The first-order chi connectivity index (χ1) is 8.72. The number of aromatic amines is 1. The van der Waals surface area contributed by atoms with Crippen LogP contribution < -0.4 is 10.6 Å². The van der Waals surface area contributed by atoms with E-state index in [1.54, 1.807) is 6.07 Å². The van der Waals surface area contributed by atoms with Gasteiger partial charge in [-0.15, -0.1) is 0 Å². The molecule has 0 fully saturated rings. The summed E-state index contributed by atoms with van der Waals surface area (Å²) in [5.41, 5.74) is 3.14. The van der Waals surface area contributed by atoms with E-state index < -0.39 is 0 Å².